The molecule has 6 nitrogen and oxygen atoms in total. The van der Waals surface area contributed by atoms with Crippen molar-refractivity contribution in [3.05, 3.63) is 42.2 Å². The van der Waals surface area contributed by atoms with Gasteiger partial charge in [0.05, 0.1) is 18.4 Å². The summed E-state index contributed by atoms with van der Waals surface area (Å²) >= 11 is 0. The van der Waals surface area contributed by atoms with E-state index < -0.39 is 0 Å². The van der Waals surface area contributed by atoms with E-state index in [4.69, 9.17) is 0 Å². The zero-order valence-corrected chi connectivity index (χ0v) is 14.7. The molecule has 0 radical (unpaired) electrons. The molecule has 0 aliphatic carbocycles. The Balaban J connectivity index is 1.53. The summed E-state index contributed by atoms with van der Waals surface area (Å²) in [5.74, 6) is 0.319. The zero-order valence-electron chi connectivity index (χ0n) is 14.7. The van der Waals surface area contributed by atoms with Gasteiger partial charge < -0.3 is 10.4 Å². The van der Waals surface area contributed by atoms with E-state index >= 15 is 0 Å². The van der Waals surface area contributed by atoms with Gasteiger partial charge in [-0.1, -0.05) is 18.6 Å². The van der Waals surface area contributed by atoms with Crippen LogP contribution >= 0.6 is 0 Å². The minimum absolute atomic E-state index is 0.0181. The first-order chi connectivity index (χ1) is 12.1. The summed E-state index contributed by atoms with van der Waals surface area (Å²) in [4.78, 5) is 14.6. The van der Waals surface area contributed by atoms with Crippen LogP contribution in [0.25, 0.3) is 0 Å². The van der Waals surface area contributed by atoms with E-state index in [9.17, 15) is 9.90 Å². The Morgan fingerprint density at radius 2 is 2.12 bits per heavy atom. The maximum absolute atomic E-state index is 12.3. The highest BCUT2D eigenvalue weighted by Crippen LogP contribution is 2.22. The number of hydrogen-bond acceptors (Lipinski definition) is 4. The fourth-order valence-corrected chi connectivity index (χ4v) is 3.46. The summed E-state index contributed by atoms with van der Waals surface area (Å²) in [6.45, 7) is 1.40. The van der Waals surface area contributed by atoms with Crippen molar-refractivity contribution >= 4 is 11.6 Å². The fourth-order valence-electron chi connectivity index (χ4n) is 3.46. The van der Waals surface area contributed by atoms with Crippen molar-refractivity contribution < 1.29 is 9.90 Å². The fraction of sp³-hybridized carbons (Fsp3) is 0.474. The zero-order chi connectivity index (χ0) is 17.6. The molecule has 134 valence electrons. The van der Waals surface area contributed by atoms with Crippen molar-refractivity contribution in [2.75, 3.05) is 18.4 Å². The molecule has 0 saturated carbocycles. The number of rotatable bonds is 6. The Labute approximate surface area is 148 Å². The number of aromatic hydroxyl groups is 1. The van der Waals surface area contributed by atoms with Crippen LogP contribution in [0.3, 0.4) is 0 Å². The standard InChI is InChI=1S/C19H26N4O2/c1-22-13-16(12-20-22)21-19(25)14-23-11-3-2-4-17(23)8-5-15-6-9-18(24)10-7-15/h6-7,9-10,12-13,17,24H,2-5,8,11,14H2,1H3,(H,21,25)/t17-/m1/s1. The number of carbonyl (C=O) groups is 1. The lowest BCUT2D eigenvalue weighted by molar-refractivity contribution is -0.118. The SMILES string of the molecule is Cn1cc(NC(=O)CN2CCCC[C@@H]2CCc2ccc(O)cc2)cn1. The molecule has 3 rings (SSSR count). The predicted molar refractivity (Wildman–Crippen MR) is 97.5 cm³/mol. The Morgan fingerprint density at radius 1 is 1.32 bits per heavy atom. The van der Waals surface area contributed by atoms with Gasteiger partial charge in [0.15, 0.2) is 0 Å². The number of phenols is 1. The van der Waals surface area contributed by atoms with Gasteiger partial charge in [0.1, 0.15) is 5.75 Å². The molecule has 6 heteroatoms. The van der Waals surface area contributed by atoms with Crippen molar-refractivity contribution in [1.82, 2.24) is 14.7 Å². The monoisotopic (exact) mass is 342 g/mol. The number of benzene rings is 1. The lowest BCUT2D eigenvalue weighted by atomic mass is 9.96. The third kappa shape index (κ3) is 5.06. The van der Waals surface area contributed by atoms with Gasteiger partial charge in [-0.25, -0.2) is 0 Å². The number of amides is 1. The van der Waals surface area contributed by atoms with Crippen LogP contribution in [0, 0.1) is 0 Å². The van der Waals surface area contributed by atoms with Gasteiger partial charge in [-0.2, -0.15) is 5.10 Å². The lowest BCUT2D eigenvalue weighted by Crippen LogP contribution is -2.44. The van der Waals surface area contributed by atoms with Crippen LogP contribution in [0.5, 0.6) is 5.75 Å². The van der Waals surface area contributed by atoms with Crippen molar-refractivity contribution in [2.24, 2.45) is 7.05 Å². The van der Waals surface area contributed by atoms with Crippen LogP contribution in [0.4, 0.5) is 5.69 Å². The summed E-state index contributed by atoms with van der Waals surface area (Å²) < 4.78 is 1.68. The number of nitrogens with zero attached hydrogens (tertiary/aromatic N) is 3. The van der Waals surface area contributed by atoms with Gasteiger partial charge in [0.2, 0.25) is 5.91 Å². The van der Waals surface area contributed by atoms with E-state index in [2.05, 4.69) is 15.3 Å². The molecule has 0 bridgehead atoms. The lowest BCUT2D eigenvalue weighted by Gasteiger charge is -2.35. The average molecular weight is 342 g/mol. The predicted octanol–water partition coefficient (Wildman–Crippen LogP) is 2.55. The first kappa shape index (κ1) is 17.5. The van der Waals surface area contributed by atoms with Crippen LogP contribution < -0.4 is 5.32 Å². The number of piperidine rings is 1. The van der Waals surface area contributed by atoms with E-state index in [0.717, 1.165) is 37.9 Å². The molecular weight excluding hydrogens is 316 g/mol. The van der Waals surface area contributed by atoms with Crippen molar-refractivity contribution in [3.8, 4) is 5.75 Å². The molecule has 1 amide bonds. The normalized spacial score (nSPS) is 18.2. The quantitative estimate of drug-likeness (QED) is 0.846. The number of carbonyl (C=O) groups excluding carboxylic acids is 1. The molecule has 2 aromatic rings. The average Bonchev–Trinajstić information content (AvgIpc) is 3.00. The Hall–Kier alpha value is -2.34. The van der Waals surface area contributed by atoms with Gasteiger partial charge in [0, 0.05) is 19.3 Å². The smallest absolute Gasteiger partial charge is 0.238 e. The minimum Gasteiger partial charge on any atom is -0.508 e. The number of phenolic OH excluding ortho intramolecular Hbond substituents is 1. The van der Waals surface area contributed by atoms with E-state index in [1.165, 1.54) is 12.0 Å². The van der Waals surface area contributed by atoms with Crippen LogP contribution in [-0.2, 0) is 18.3 Å². The second-order valence-electron chi connectivity index (χ2n) is 6.78. The number of aromatic nitrogens is 2. The first-order valence-electron chi connectivity index (χ1n) is 8.90. The second-order valence-corrected chi connectivity index (χ2v) is 6.78. The third-order valence-electron chi connectivity index (χ3n) is 4.79. The van der Waals surface area contributed by atoms with Gasteiger partial charge in [0.25, 0.3) is 0 Å². The molecule has 1 atom stereocenters. The summed E-state index contributed by atoms with van der Waals surface area (Å²) in [6.07, 6.45) is 8.97. The van der Waals surface area contributed by atoms with Gasteiger partial charge in [-0.3, -0.25) is 14.4 Å². The summed E-state index contributed by atoms with van der Waals surface area (Å²) in [5, 5.41) is 16.4. The Kier molecular flexibility index (Phi) is 5.71. The Morgan fingerprint density at radius 3 is 2.84 bits per heavy atom. The molecule has 0 spiro atoms. The number of anilines is 1. The highest BCUT2D eigenvalue weighted by Gasteiger charge is 2.24. The van der Waals surface area contributed by atoms with Gasteiger partial charge in [-0.05, 0) is 49.9 Å². The molecule has 1 aromatic carbocycles. The molecule has 1 aliphatic heterocycles. The molecule has 1 aromatic heterocycles. The molecule has 25 heavy (non-hydrogen) atoms. The topological polar surface area (TPSA) is 70.4 Å². The van der Waals surface area contributed by atoms with Crippen molar-refractivity contribution in [3.63, 3.8) is 0 Å². The number of aryl methyl sites for hydroxylation is 2. The number of likely N-dealkylation sites (tertiary alicyclic amines) is 1. The summed E-state index contributed by atoms with van der Waals surface area (Å²) in [6, 6.07) is 7.84. The first-order valence-corrected chi connectivity index (χ1v) is 8.90. The van der Waals surface area contributed by atoms with E-state index in [1.807, 2.05) is 19.2 Å². The van der Waals surface area contributed by atoms with E-state index in [1.54, 1.807) is 29.2 Å². The molecule has 2 heterocycles. The summed E-state index contributed by atoms with van der Waals surface area (Å²) in [5.41, 5.74) is 1.97. The van der Waals surface area contributed by atoms with Crippen molar-refractivity contribution in [2.45, 2.75) is 38.1 Å². The molecular formula is C19H26N4O2. The Bertz CT molecular complexity index is 696. The van der Waals surface area contributed by atoms with Gasteiger partial charge in [-0.15, -0.1) is 0 Å². The molecule has 0 unspecified atom stereocenters. The number of nitrogens with one attached hydrogen (secondary N) is 1. The van der Waals surface area contributed by atoms with E-state index in [-0.39, 0.29) is 5.91 Å². The second kappa shape index (κ2) is 8.16. The third-order valence-corrected chi connectivity index (χ3v) is 4.79. The molecule has 1 aliphatic rings. The van der Waals surface area contributed by atoms with Crippen LogP contribution in [0.1, 0.15) is 31.2 Å². The highest BCUT2D eigenvalue weighted by atomic mass is 16.3. The van der Waals surface area contributed by atoms with E-state index in [0.29, 0.717) is 18.3 Å². The molecule has 1 fully saturated rings. The maximum Gasteiger partial charge on any atom is 0.238 e. The number of hydrogen-bond donors (Lipinski definition) is 2. The molecule has 1 saturated heterocycles. The molecule has 2 N–H and O–H groups in total. The largest absolute Gasteiger partial charge is 0.508 e. The minimum atomic E-state index is 0.0181. The highest BCUT2D eigenvalue weighted by molar-refractivity contribution is 5.92. The maximum atomic E-state index is 12.3. The van der Waals surface area contributed by atoms with Gasteiger partial charge >= 0.3 is 0 Å². The van der Waals surface area contributed by atoms with Crippen LogP contribution in [-0.4, -0.2) is 44.8 Å². The van der Waals surface area contributed by atoms with Crippen LogP contribution in [0.15, 0.2) is 36.7 Å². The van der Waals surface area contributed by atoms with Crippen molar-refractivity contribution in [1.29, 1.82) is 0 Å². The van der Waals surface area contributed by atoms with Crippen LogP contribution in [0.2, 0.25) is 0 Å². The summed E-state index contributed by atoms with van der Waals surface area (Å²) in [7, 11) is 1.83.